The number of ether oxygens (including phenoxy) is 1. The third-order valence-corrected chi connectivity index (χ3v) is 7.50. The van der Waals surface area contributed by atoms with Gasteiger partial charge in [-0.2, -0.15) is 0 Å². The summed E-state index contributed by atoms with van der Waals surface area (Å²) in [6.07, 6.45) is 0. The molecule has 0 fully saturated rings. The Balaban J connectivity index is 1.33. The molecule has 2 N–H and O–H groups in total. The highest BCUT2D eigenvalue weighted by Gasteiger charge is 2.18. The highest BCUT2D eigenvalue weighted by atomic mass is 32.2. The minimum atomic E-state index is -0.322. The smallest absolute Gasteiger partial charge is 0.255 e. The summed E-state index contributed by atoms with van der Waals surface area (Å²) < 4.78 is 5.12. The number of benzene rings is 3. The van der Waals surface area contributed by atoms with Gasteiger partial charge in [-0.05, 0) is 69.3 Å². The van der Waals surface area contributed by atoms with Crippen LogP contribution in [0.2, 0.25) is 0 Å². The first kappa shape index (κ1) is 25.5. The van der Waals surface area contributed by atoms with Crippen molar-refractivity contribution < 1.29 is 14.3 Å². The van der Waals surface area contributed by atoms with Crippen molar-refractivity contribution in [2.75, 3.05) is 17.7 Å². The minimum Gasteiger partial charge on any atom is -0.497 e. The van der Waals surface area contributed by atoms with Gasteiger partial charge in [0.25, 0.3) is 5.91 Å². The van der Waals surface area contributed by atoms with Crippen LogP contribution in [0.5, 0.6) is 5.75 Å². The molecule has 2 amide bonds. The molecule has 184 valence electrons. The van der Waals surface area contributed by atoms with Crippen LogP contribution in [0.15, 0.2) is 77.7 Å². The average Bonchev–Trinajstić information content (AvgIpc) is 3.25. The first-order valence-electron chi connectivity index (χ1n) is 11.4. The van der Waals surface area contributed by atoms with Gasteiger partial charge in [0, 0.05) is 26.6 Å². The number of amides is 2. The van der Waals surface area contributed by atoms with Gasteiger partial charge in [0.15, 0.2) is 5.13 Å². The Morgan fingerprint density at radius 3 is 2.22 bits per heavy atom. The van der Waals surface area contributed by atoms with E-state index in [1.165, 1.54) is 28.7 Å². The highest BCUT2D eigenvalue weighted by molar-refractivity contribution is 8.00. The SMILES string of the molecule is COc1ccc(C(=O)Nc2ccc(SC(C)C(=O)Nc3nc(-c4ccc(C)cc4)c(C)s3)cc2)cc1. The van der Waals surface area contributed by atoms with E-state index in [1.54, 1.807) is 31.4 Å². The maximum atomic E-state index is 12.8. The summed E-state index contributed by atoms with van der Waals surface area (Å²) in [4.78, 5) is 31.9. The molecule has 1 heterocycles. The number of carbonyl (C=O) groups excluding carboxylic acids is 2. The lowest BCUT2D eigenvalue weighted by molar-refractivity contribution is -0.115. The van der Waals surface area contributed by atoms with Crippen molar-refractivity contribution in [1.29, 1.82) is 0 Å². The molecule has 0 aliphatic carbocycles. The van der Waals surface area contributed by atoms with E-state index in [2.05, 4.69) is 34.7 Å². The Hall–Kier alpha value is -3.62. The van der Waals surface area contributed by atoms with Crippen molar-refractivity contribution in [3.8, 4) is 17.0 Å². The maximum absolute atomic E-state index is 12.8. The molecule has 0 saturated carbocycles. The van der Waals surface area contributed by atoms with E-state index in [0.29, 0.717) is 22.1 Å². The number of aromatic nitrogens is 1. The zero-order valence-electron chi connectivity index (χ0n) is 20.5. The van der Waals surface area contributed by atoms with Crippen LogP contribution in [0.4, 0.5) is 10.8 Å². The topological polar surface area (TPSA) is 80.3 Å². The first-order valence-corrected chi connectivity index (χ1v) is 13.1. The van der Waals surface area contributed by atoms with E-state index in [-0.39, 0.29) is 17.1 Å². The molecule has 1 unspecified atom stereocenters. The number of aryl methyl sites for hydroxylation is 2. The molecule has 6 nitrogen and oxygen atoms in total. The van der Waals surface area contributed by atoms with Crippen LogP contribution in [0, 0.1) is 13.8 Å². The second-order valence-corrected chi connectivity index (χ2v) is 10.9. The summed E-state index contributed by atoms with van der Waals surface area (Å²) in [6.45, 7) is 5.92. The summed E-state index contributed by atoms with van der Waals surface area (Å²) in [5, 5.41) is 6.10. The van der Waals surface area contributed by atoms with E-state index in [1.807, 2.05) is 50.2 Å². The van der Waals surface area contributed by atoms with E-state index in [4.69, 9.17) is 4.74 Å². The van der Waals surface area contributed by atoms with Crippen LogP contribution in [-0.4, -0.2) is 29.2 Å². The lowest BCUT2D eigenvalue weighted by Gasteiger charge is -2.11. The molecule has 4 rings (SSSR count). The molecule has 1 atom stereocenters. The maximum Gasteiger partial charge on any atom is 0.255 e. The first-order chi connectivity index (χ1) is 17.3. The molecule has 1 aromatic heterocycles. The Kier molecular flexibility index (Phi) is 8.07. The standard InChI is InChI=1S/C28H27N3O3S2/c1-17-5-7-20(8-6-17)25-18(2)36-28(30-25)31-26(32)19(3)35-24-15-11-22(12-16-24)29-27(33)21-9-13-23(34-4)14-10-21/h5-16,19H,1-4H3,(H,29,33)(H,30,31,32). The fourth-order valence-corrected chi connectivity index (χ4v) is 5.16. The second kappa shape index (κ2) is 11.4. The van der Waals surface area contributed by atoms with Crippen molar-refractivity contribution >= 4 is 45.7 Å². The number of nitrogens with zero attached hydrogens (tertiary/aromatic N) is 1. The number of rotatable bonds is 8. The van der Waals surface area contributed by atoms with Crippen molar-refractivity contribution in [1.82, 2.24) is 4.98 Å². The van der Waals surface area contributed by atoms with Gasteiger partial charge in [-0.15, -0.1) is 23.1 Å². The molecular formula is C28H27N3O3S2. The predicted molar refractivity (Wildman–Crippen MR) is 148 cm³/mol. The lowest BCUT2D eigenvalue weighted by atomic mass is 10.1. The van der Waals surface area contributed by atoms with Gasteiger partial charge in [0.1, 0.15) is 5.75 Å². The van der Waals surface area contributed by atoms with Crippen molar-refractivity contribution in [3.05, 3.63) is 88.8 Å². The predicted octanol–water partition coefficient (Wildman–Crippen LogP) is 6.81. The number of carbonyl (C=O) groups is 2. The van der Waals surface area contributed by atoms with Crippen LogP contribution < -0.4 is 15.4 Å². The summed E-state index contributed by atoms with van der Waals surface area (Å²) in [7, 11) is 1.58. The van der Waals surface area contributed by atoms with Crippen LogP contribution in [0.1, 0.15) is 27.7 Å². The number of nitrogens with one attached hydrogen (secondary N) is 2. The molecule has 8 heteroatoms. The molecule has 0 bridgehead atoms. The van der Waals surface area contributed by atoms with Crippen LogP contribution >= 0.6 is 23.1 Å². The van der Waals surface area contributed by atoms with Crippen molar-refractivity contribution in [2.24, 2.45) is 0 Å². The van der Waals surface area contributed by atoms with Gasteiger partial charge in [-0.3, -0.25) is 9.59 Å². The van der Waals surface area contributed by atoms with Crippen molar-refractivity contribution in [3.63, 3.8) is 0 Å². The quantitative estimate of drug-likeness (QED) is 0.251. The lowest BCUT2D eigenvalue weighted by Crippen LogP contribution is -2.22. The number of hydrogen-bond acceptors (Lipinski definition) is 6. The molecule has 0 radical (unpaired) electrons. The highest BCUT2D eigenvalue weighted by Crippen LogP contribution is 2.32. The van der Waals surface area contributed by atoms with Crippen LogP contribution in [0.3, 0.4) is 0 Å². The van der Waals surface area contributed by atoms with E-state index >= 15 is 0 Å². The number of anilines is 2. The van der Waals surface area contributed by atoms with Gasteiger partial charge >= 0.3 is 0 Å². The number of hydrogen-bond donors (Lipinski definition) is 2. The molecule has 0 aliphatic heterocycles. The Labute approximate surface area is 219 Å². The van der Waals surface area contributed by atoms with Gasteiger partial charge in [-0.1, -0.05) is 29.8 Å². The molecule has 3 aromatic carbocycles. The molecule has 36 heavy (non-hydrogen) atoms. The summed E-state index contributed by atoms with van der Waals surface area (Å²) in [6, 6.07) is 22.6. The van der Waals surface area contributed by atoms with E-state index < -0.39 is 0 Å². The Morgan fingerprint density at radius 1 is 0.917 bits per heavy atom. The zero-order valence-corrected chi connectivity index (χ0v) is 22.1. The van der Waals surface area contributed by atoms with E-state index in [0.717, 1.165) is 21.0 Å². The second-order valence-electron chi connectivity index (χ2n) is 8.25. The van der Waals surface area contributed by atoms with E-state index in [9.17, 15) is 9.59 Å². The molecular weight excluding hydrogens is 490 g/mol. The third kappa shape index (κ3) is 6.33. The largest absolute Gasteiger partial charge is 0.497 e. The van der Waals surface area contributed by atoms with Crippen molar-refractivity contribution in [2.45, 2.75) is 30.9 Å². The monoisotopic (exact) mass is 517 g/mol. The van der Waals surface area contributed by atoms with Gasteiger partial charge in [-0.25, -0.2) is 4.98 Å². The summed E-state index contributed by atoms with van der Waals surface area (Å²) in [5.41, 5.74) is 4.35. The van der Waals surface area contributed by atoms with Gasteiger partial charge in [0.2, 0.25) is 5.91 Å². The number of thioether (sulfide) groups is 1. The normalized spacial score (nSPS) is 11.6. The average molecular weight is 518 g/mol. The summed E-state index contributed by atoms with van der Waals surface area (Å²) in [5.74, 6) is 0.387. The Bertz CT molecular complexity index is 1350. The minimum absolute atomic E-state index is 0.110. The molecule has 0 spiro atoms. The Morgan fingerprint density at radius 2 is 1.58 bits per heavy atom. The van der Waals surface area contributed by atoms with Crippen LogP contribution in [-0.2, 0) is 4.79 Å². The fraction of sp³-hybridized carbons (Fsp3) is 0.179. The van der Waals surface area contributed by atoms with Gasteiger partial charge in [0.05, 0.1) is 18.1 Å². The molecule has 0 aliphatic rings. The third-order valence-electron chi connectivity index (χ3n) is 5.50. The van der Waals surface area contributed by atoms with Crippen LogP contribution in [0.25, 0.3) is 11.3 Å². The van der Waals surface area contributed by atoms with Gasteiger partial charge < -0.3 is 15.4 Å². The molecule has 4 aromatic rings. The number of thiazole rings is 1. The molecule has 0 saturated heterocycles. The number of methoxy groups -OCH3 is 1. The fourth-order valence-electron chi connectivity index (χ4n) is 3.46. The summed E-state index contributed by atoms with van der Waals surface area (Å²) >= 11 is 2.92. The zero-order chi connectivity index (χ0) is 25.7.